The van der Waals surface area contributed by atoms with Gasteiger partial charge in [-0.15, -0.1) is 0 Å². The molecule has 2 nitrogen and oxygen atoms in total. The van der Waals surface area contributed by atoms with Crippen LogP contribution in [0.4, 0.5) is 0 Å². The monoisotopic (exact) mass is 211 g/mol. The number of halogens is 1. The van der Waals surface area contributed by atoms with Crippen molar-refractivity contribution >= 4 is 17.4 Å². The lowest BCUT2D eigenvalue weighted by molar-refractivity contribution is 0.0979. The smallest absolute Gasteiger partial charge is 0.162 e. The van der Waals surface area contributed by atoms with Crippen LogP contribution in [0.2, 0.25) is 5.02 Å². The molecule has 0 atom stereocenters. The van der Waals surface area contributed by atoms with Crippen LogP contribution in [0.5, 0.6) is 0 Å². The zero-order chi connectivity index (χ0) is 10.4. The van der Waals surface area contributed by atoms with Gasteiger partial charge in [-0.05, 0) is 43.7 Å². The molecule has 2 N–H and O–H groups in total. The molecule has 0 saturated carbocycles. The van der Waals surface area contributed by atoms with Crippen molar-refractivity contribution in [3.8, 4) is 0 Å². The highest BCUT2D eigenvalue weighted by molar-refractivity contribution is 6.30. The number of rotatable bonds is 5. The first-order valence-electron chi connectivity index (χ1n) is 4.73. The summed E-state index contributed by atoms with van der Waals surface area (Å²) in [5, 5.41) is 0.656. The number of carbonyl (C=O) groups excluding carboxylic acids is 1. The van der Waals surface area contributed by atoms with Gasteiger partial charge in [0.15, 0.2) is 5.78 Å². The van der Waals surface area contributed by atoms with Gasteiger partial charge in [0.1, 0.15) is 0 Å². The van der Waals surface area contributed by atoms with Gasteiger partial charge in [-0.3, -0.25) is 4.79 Å². The Bertz CT molecular complexity index is 295. The molecule has 1 rings (SSSR count). The van der Waals surface area contributed by atoms with Crippen molar-refractivity contribution in [1.29, 1.82) is 0 Å². The van der Waals surface area contributed by atoms with Crippen molar-refractivity contribution in [3.05, 3.63) is 34.9 Å². The lowest BCUT2D eigenvalue weighted by atomic mass is 10.1. The van der Waals surface area contributed by atoms with E-state index in [9.17, 15) is 4.79 Å². The maximum atomic E-state index is 11.5. The van der Waals surface area contributed by atoms with Crippen molar-refractivity contribution in [3.63, 3.8) is 0 Å². The fourth-order valence-electron chi connectivity index (χ4n) is 1.21. The van der Waals surface area contributed by atoms with Crippen LogP contribution in [-0.2, 0) is 0 Å². The third-order valence-electron chi connectivity index (χ3n) is 2.02. The van der Waals surface area contributed by atoms with Gasteiger partial charge in [0.2, 0.25) is 0 Å². The molecule has 0 heterocycles. The third kappa shape index (κ3) is 3.48. The molecule has 0 amide bonds. The topological polar surface area (TPSA) is 43.1 Å². The first-order chi connectivity index (χ1) is 6.74. The van der Waals surface area contributed by atoms with Crippen LogP contribution in [0.25, 0.3) is 0 Å². The first kappa shape index (κ1) is 11.2. The zero-order valence-corrected chi connectivity index (χ0v) is 8.76. The highest BCUT2D eigenvalue weighted by atomic mass is 35.5. The summed E-state index contributed by atoms with van der Waals surface area (Å²) in [6.07, 6.45) is 2.33. The van der Waals surface area contributed by atoms with Crippen molar-refractivity contribution < 1.29 is 4.79 Å². The van der Waals surface area contributed by atoms with Crippen LogP contribution in [0.3, 0.4) is 0 Å². The van der Waals surface area contributed by atoms with Gasteiger partial charge in [-0.2, -0.15) is 0 Å². The molecule has 1 aromatic rings. The molecule has 0 aliphatic carbocycles. The second-order valence-corrected chi connectivity index (χ2v) is 3.61. The average Bonchev–Trinajstić information content (AvgIpc) is 2.19. The minimum Gasteiger partial charge on any atom is -0.330 e. The molecule has 0 unspecified atom stereocenters. The summed E-state index contributed by atoms with van der Waals surface area (Å²) < 4.78 is 0. The zero-order valence-electron chi connectivity index (χ0n) is 8.00. The number of carbonyl (C=O) groups is 1. The molecular weight excluding hydrogens is 198 g/mol. The van der Waals surface area contributed by atoms with E-state index in [-0.39, 0.29) is 5.78 Å². The predicted molar refractivity (Wildman–Crippen MR) is 58.7 cm³/mol. The van der Waals surface area contributed by atoms with E-state index in [1.807, 2.05) is 0 Å². The third-order valence-corrected chi connectivity index (χ3v) is 2.28. The fraction of sp³-hybridized carbons (Fsp3) is 0.364. The van der Waals surface area contributed by atoms with Gasteiger partial charge in [-0.1, -0.05) is 11.6 Å². The highest BCUT2D eigenvalue weighted by Gasteiger charge is 2.04. The quantitative estimate of drug-likeness (QED) is 0.601. The molecular formula is C11H14ClNO. The standard InChI is InChI=1S/C11H14ClNO/c12-10-6-4-9(5-7-10)11(14)3-1-2-8-13/h4-7H,1-3,8,13H2. The van der Waals surface area contributed by atoms with Crippen LogP contribution in [0.1, 0.15) is 29.6 Å². The van der Waals surface area contributed by atoms with E-state index < -0.39 is 0 Å². The second kappa shape index (κ2) is 5.78. The minimum absolute atomic E-state index is 0.162. The predicted octanol–water partition coefficient (Wildman–Crippen LogP) is 2.65. The Morgan fingerprint density at radius 2 is 1.86 bits per heavy atom. The van der Waals surface area contributed by atoms with E-state index >= 15 is 0 Å². The van der Waals surface area contributed by atoms with Gasteiger partial charge in [0.25, 0.3) is 0 Å². The van der Waals surface area contributed by atoms with E-state index in [0.29, 0.717) is 18.0 Å². The van der Waals surface area contributed by atoms with E-state index in [0.717, 1.165) is 18.4 Å². The Hall–Kier alpha value is -0.860. The number of hydrogen-bond acceptors (Lipinski definition) is 2. The van der Waals surface area contributed by atoms with Crippen molar-refractivity contribution in [2.45, 2.75) is 19.3 Å². The van der Waals surface area contributed by atoms with Crippen LogP contribution in [0, 0.1) is 0 Å². The summed E-state index contributed by atoms with van der Waals surface area (Å²) in [4.78, 5) is 11.5. The van der Waals surface area contributed by atoms with Crippen LogP contribution >= 0.6 is 11.6 Å². The molecule has 0 spiro atoms. The highest BCUT2D eigenvalue weighted by Crippen LogP contribution is 2.12. The van der Waals surface area contributed by atoms with Gasteiger partial charge in [0, 0.05) is 17.0 Å². The van der Waals surface area contributed by atoms with E-state index in [1.165, 1.54) is 0 Å². The first-order valence-corrected chi connectivity index (χ1v) is 5.10. The maximum Gasteiger partial charge on any atom is 0.162 e. The summed E-state index contributed by atoms with van der Waals surface area (Å²) in [5.41, 5.74) is 6.07. The normalized spacial score (nSPS) is 10.1. The van der Waals surface area contributed by atoms with Gasteiger partial charge >= 0.3 is 0 Å². The summed E-state index contributed by atoms with van der Waals surface area (Å²) in [7, 11) is 0. The van der Waals surface area contributed by atoms with Gasteiger partial charge in [-0.25, -0.2) is 0 Å². The van der Waals surface area contributed by atoms with E-state index in [2.05, 4.69) is 0 Å². The summed E-state index contributed by atoms with van der Waals surface area (Å²) in [6.45, 7) is 0.647. The van der Waals surface area contributed by atoms with E-state index in [1.54, 1.807) is 24.3 Å². The largest absolute Gasteiger partial charge is 0.330 e. The molecule has 14 heavy (non-hydrogen) atoms. The Kier molecular flexibility index (Phi) is 4.63. The molecule has 76 valence electrons. The van der Waals surface area contributed by atoms with Crippen LogP contribution < -0.4 is 5.73 Å². The molecule has 0 aliphatic rings. The fourth-order valence-corrected chi connectivity index (χ4v) is 1.34. The SMILES string of the molecule is NCCCCC(=O)c1ccc(Cl)cc1. The van der Waals surface area contributed by atoms with Crippen LogP contribution in [-0.4, -0.2) is 12.3 Å². The van der Waals surface area contributed by atoms with Crippen molar-refractivity contribution in [2.75, 3.05) is 6.54 Å². The number of unbranched alkanes of at least 4 members (excludes halogenated alkanes) is 1. The maximum absolute atomic E-state index is 11.5. The number of ketones is 1. The Morgan fingerprint density at radius 3 is 2.43 bits per heavy atom. The number of benzene rings is 1. The van der Waals surface area contributed by atoms with Gasteiger partial charge in [0.05, 0.1) is 0 Å². The second-order valence-electron chi connectivity index (χ2n) is 3.18. The minimum atomic E-state index is 0.162. The Balaban J connectivity index is 2.48. The Morgan fingerprint density at radius 1 is 1.21 bits per heavy atom. The lowest BCUT2D eigenvalue weighted by Crippen LogP contribution is -2.02. The molecule has 0 radical (unpaired) electrons. The van der Waals surface area contributed by atoms with Crippen LogP contribution in [0.15, 0.2) is 24.3 Å². The Labute approximate surface area is 89.1 Å². The molecule has 1 aromatic carbocycles. The summed E-state index contributed by atoms with van der Waals surface area (Å²) in [6, 6.07) is 6.98. The molecule has 0 fully saturated rings. The lowest BCUT2D eigenvalue weighted by Gasteiger charge is -2.00. The summed E-state index contributed by atoms with van der Waals surface area (Å²) >= 11 is 5.72. The molecule has 0 aromatic heterocycles. The van der Waals surface area contributed by atoms with Gasteiger partial charge < -0.3 is 5.73 Å². The van der Waals surface area contributed by atoms with E-state index in [4.69, 9.17) is 17.3 Å². The van der Waals surface area contributed by atoms with Crippen molar-refractivity contribution in [2.24, 2.45) is 5.73 Å². The van der Waals surface area contributed by atoms with Crippen molar-refractivity contribution in [1.82, 2.24) is 0 Å². The number of nitrogens with two attached hydrogens (primary N) is 1. The molecule has 0 saturated heterocycles. The number of hydrogen-bond donors (Lipinski definition) is 1. The molecule has 0 aliphatic heterocycles. The number of Topliss-reactive ketones (excluding diaryl/α,β-unsaturated/α-hetero) is 1. The average molecular weight is 212 g/mol. The molecule has 3 heteroatoms. The molecule has 0 bridgehead atoms. The summed E-state index contributed by atoms with van der Waals surface area (Å²) in [5.74, 6) is 0.162.